The Labute approximate surface area is 239 Å². The lowest BCUT2D eigenvalue weighted by atomic mass is 10.1. The van der Waals surface area contributed by atoms with Crippen molar-refractivity contribution in [3.8, 4) is 17.2 Å². The van der Waals surface area contributed by atoms with Gasteiger partial charge in [-0.3, -0.25) is 9.40 Å². The summed E-state index contributed by atoms with van der Waals surface area (Å²) in [5.41, 5.74) is 0.428. The molecule has 2 heterocycles. The average molecular weight is 610 g/mol. The van der Waals surface area contributed by atoms with Crippen LogP contribution in [0.2, 0.25) is 0 Å². The quantitative estimate of drug-likeness (QED) is 0.248. The SMILES string of the molecule is COc1cccc(OC)c1S(=O)(=O)Nc1noc2cc(Cn3cc(CNC(=O)OC(C)(C)C)cn3)cc(OC(F)F)c12. The number of nitrogens with one attached hydrogen (secondary N) is 2. The molecule has 16 heteroatoms. The predicted molar refractivity (Wildman–Crippen MR) is 145 cm³/mol. The van der Waals surface area contributed by atoms with Crippen LogP contribution in [0.4, 0.5) is 19.4 Å². The van der Waals surface area contributed by atoms with Crippen LogP contribution in [0, 0.1) is 0 Å². The molecule has 0 spiro atoms. The van der Waals surface area contributed by atoms with Crippen LogP contribution in [-0.2, 0) is 27.8 Å². The normalized spacial score (nSPS) is 11.9. The van der Waals surface area contributed by atoms with Gasteiger partial charge in [-0.2, -0.15) is 13.9 Å². The van der Waals surface area contributed by atoms with Gasteiger partial charge in [0, 0.05) is 18.3 Å². The first-order valence-corrected chi connectivity index (χ1v) is 13.9. The lowest BCUT2D eigenvalue weighted by Crippen LogP contribution is -2.32. The molecule has 0 atom stereocenters. The van der Waals surface area contributed by atoms with E-state index in [1.807, 2.05) is 0 Å². The molecule has 226 valence electrons. The van der Waals surface area contributed by atoms with Crippen molar-refractivity contribution in [1.82, 2.24) is 20.3 Å². The van der Waals surface area contributed by atoms with E-state index in [4.69, 9.17) is 23.5 Å². The number of amides is 1. The number of sulfonamides is 1. The van der Waals surface area contributed by atoms with Gasteiger partial charge in [0.25, 0.3) is 10.0 Å². The van der Waals surface area contributed by atoms with Gasteiger partial charge < -0.3 is 28.8 Å². The lowest BCUT2D eigenvalue weighted by Gasteiger charge is -2.19. The van der Waals surface area contributed by atoms with Crippen molar-refractivity contribution in [2.24, 2.45) is 0 Å². The number of alkyl carbamates (subject to hydrolysis) is 1. The molecule has 0 aliphatic rings. The van der Waals surface area contributed by atoms with E-state index in [-0.39, 0.29) is 52.0 Å². The summed E-state index contributed by atoms with van der Waals surface area (Å²) in [5, 5.41) is 10.5. The molecule has 42 heavy (non-hydrogen) atoms. The zero-order chi connectivity index (χ0) is 30.7. The van der Waals surface area contributed by atoms with E-state index in [2.05, 4.69) is 20.3 Å². The molecule has 2 aromatic heterocycles. The predicted octanol–water partition coefficient (Wildman–Crippen LogP) is 4.52. The van der Waals surface area contributed by atoms with Crippen LogP contribution in [0.5, 0.6) is 17.2 Å². The standard InChI is InChI=1S/C26H29F2N5O8S/c1-26(2,3)40-25(34)29-11-16-12-30-33(14-16)13-15-9-19(39-24(27)28)21-20(10-15)41-31-23(21)32-42(35,36)22-17(37-4)7-6-8-18(22)38-5/h6-10,12,14,24H,11,13H2,1-5H3,(H,29,34)(H,31,32). The highest BCUT2D eigenvalue weighted by atomic mass is 32.2. The monoisotopic (exact) mass is 609 g/mol. The largest absolute Gasteiger partial charge is 0.495 e. The Morgan fingerprint density at radius 1 is 1.10 bits per heavy atom. The molecule has 0 aliphatic carbocycles. The maximum atomic E-state index is 13.4. The Morgan fingerprint density at radius 2 is 1.79 bits per heavy atom. The molecule has 0 saturated heterocycles. The van der Waals surface area contributed by atoms with E-state index in [9.17, 15) is 22.0 Å². The summed E-state index contributed by atoms with van der Waals surface area (Å²) in [6.07, 6.45) is 2.59. The van der Waals surface area contributed by atoms with Gasteiger partial charge in [-0.1, -0.05) is 11.2 Å². The number of benzene rings is 2. The number of alkyl halides is 2. The minimum atomic E-state index is -4.40. The fourth-order valence-corrected chi connectivity index (χ4v) is 5.29. The first-order valence-electron chi connectivity index (χ1n) is 12.4. The van der Waals surface area contributed by atoms with Gasteiger partial charge in [-0.15, -0.1) is 0 Å². The third-order valence-electron chi connectivity index (χ3n) is 5.56. The van der Waals surface area contributed by atoms with Gasteiger partial charge in [0.2, 0.25) is 0 Å². The minimum Gasteiger partial charge on any atom is -0.495 e. The number of hydrogen-bond donors (Lipinski definition) is 2. The number of carbonyl (C=O) groups is 1. The highest BCUT2D eigenvalue weighted by Gasteiger charge is 2.28. The first kappa shape index (κ1) is 30.4. The molecule has 0 saturated carbocycles. The highest BCUT2D eigenvalue weighted by Crippen LogP contribution is 2.38. The van der Waals surface area contributed by atoms with E-state index in [0.717, 1.165) is 0 Å². The number of methoxy groups -OCH3 is 2. The Kier molecular flexibility index (Phi) is 8.75. The molecular formula is C26H29F2N5O8S. The number of anilines is 1. The van der Waals surface area contributed by atoms with Crippen molar-refractivity contribution in [2.75, 3.05) is 18.9 Å². The summed E-state index contributed by atoms with van der Waals surface area (Å²) in [4.78, 5) is 11.6. The fraction of sp³-hybridized carbons (Fsp3) is 0.346. The molecule has 1 amide bonds. The average Bonchev–Trinajstić information content (AvgIpc) is 3.52. The molecule has 0 bridgehead atoms. The molecule has 0 radical (unpaired) electrons. The fourth-order valence-electron chi connectivity index (χ4n) is 3.96. The Morgan fingerprint density at radius 3 is 2.40 bits per heavy atom. The molecule has 2 aromatic carbocycles. The van der Waals surface area contributed by atoms with Gasteiger partial charge in [0.05, 0.1) is 27.0 Å². The summed E-state index contributed by atoms with van der Waals surface area (Å²) < 4.78 is 82.8. The van der Waals surface area contributed by atoms with E-state index in [1.54, 1.807) is 33.0 Å². The van der Waals surface area contributed by atoms with Crippen molar-refractivity contribution in [3.63, 3.8) is 0 Å². The first-order chi connectivity index (χ1) is 19.8. The molecule has 4 aromatic rings. The molecule has 2 N–H and O–H groups in total. The van der Waals surface area contributed by atoms with E-state index in [0.29, 0.717) is 11.1 Å². The Hall–Kier alpha value is -4.60. The molecule has 4 rings (SSSR count). The van der Waals surface area contributed by atoms with E-state index >= 15 is 0 Å². The third kappa shape index (κ3) is 7.18. The summed E-state index contributed by atoms with van der Waals surface area (Å²) in [6, 6.07) is 7.17. The molecular weight excluding hydrogens is 580 g/mol. The number of halogens is 2. The number of carbonyl (C=O) groups excluding carboxylic acids is 1. The van der Waals surface area contributed by atoms with Crippen molar-refractivity contribution in [1.29, 1.82) is 0 Å². The van der Waals surface area contributed by atoms with Crippen molar-refractivity contribution in [3.05, 3.63) is 53.9 Å². The summed E-state index contributed by atoms with van der Waals surface area (Å²) >= 11 is 0. The smallest absolute Gasteiger partial charge is 0.407 e. The number of rotatable bonds is 11. The van der Waals surface area contributed by atoms with Gasteiger partial charge in [0.1, 0.15) is 28.2 Å². The number of nitrogens with zero attached hydrogens (tertiary/aromatic N) is 3. The molecule has 0 unspecified atom stereocenters. The molecule has 13 nitrogen and oxygen atoms in total. The summed E-state index contributed by atoms with van der Waals surface area (Å²) in [6.45, 7) is 2.26. The van der Waals surface area contributed by atoms with Crippen LogP contribution >= 0.6 is 0 Å². The van der Waals surface area contributed by atoms with Crippen LogP contribution in [0.1, 0.15) is 31.9 Å². The number of hydrogen-bond acceptors (Lipinski definition) is 10. The zero-order valence-corrected chi connectivity index (χ0v) is 24.1. The van der Waals surface area contributed by atoms with Crippen molar-refractivity contribution >= 4 is 32.9 Å². The van der Waals surface area contributed by atoms with Crippen molar-refractivity contribution in [2.45, 2.75) is 51.0 Å². The molecule has 0 aliphatic heterocycles. The second kappa shape index (κ2) is 12.1. The van der Waals surface area contributed by atoms with Crippen LogP contribution in [-0.4, -0.2) is 55.9 Å². The zero-order valence-electron chi connectivity index (χ0n) is 23.3. The van der Waals surface area contributed by atoms with Crippen LogP contribution in [0.3, 0.4) is 0 Å². The highest BCUT2D eigenvalue weighted by molar-refractivity contribution is 7.93. The Balaban J connectivity index is 1.60. The third-order valence-corrected chi connectivity index (χ3v) is 6.97. The van der Waals surface area contributed by atoms with Crippen molar-refractivity contribution < 1.29 is 45.5 Å². The van der Waals surface area contributed by atoms with Gasteiger partial charge in [-0.25, -0.2) is 13.2 Å². The lowest BCUT2D eigenvalue weighted by molar-refractivity contribution is -0.0488. The van der Waals surface area contributed by atoms with E-state index < -0.39 is 28.3 Å². The topological polar surface area (TPSA) is 156 Å². The van der Waals surface area contributed by atoms with Gasteiger partial charge >= 0.3 is 12.7 Å². The number of aromatic nitrogens is 3. The summed E-state index contributed by atoms with van der Waals surface area (Å²) in [5.74, 6) is -0.779. The Bertz CT molecular complexity index is 1660. The second-order valence-electron chi connectivity index (χ2n) is 9.88. The van der Waals surface area contributed by atoms with Crippen LogP contribution in [0.25, 0.3) is 11.0 Å². The molecule has 0 fully saturated rings. The van der Waals surface area contributed by atoms with Crippen LogP contribution < -0.4 is 24.2 Å². The number of fused-ring (bicyclic) bond motifs is 1. The summed E-state index contributed by atoms with van der Waals surface area (Å²) in [7, 11) is -1.83. The maximum Gasteiger partial charge on any atom is 0.407 e. The van der Waals surface area contributed by atoms with Gasteiger partial charge in [-0.05, 0) is 50.6 Å². The number of ether oxygens (including phenoxy) is 4. The second-order valence-corrected chi connectivity index (χ2v) is 11.5. The van der Waals surface area contributed by atoms with Gasteiger partial charge in [0.15, 0.2) is 16.3 Å². The van der Waals surface area contributed by atoms with Crippen LogP contribution in [0.15, 0.2) is 52.1 Å². The van der Waals surface area contributed by atoms with E-state index in [1.165, 1.54) is 49.4 Å². The maximum absolute atomic E-state index is 13.4. The minimum absolute atomic E-state index is 0.0131.